The number of carbonyl (C=O) groups is 1. The third-order valence-corrected chi connectivity index (χ3v) is 8.53. The molecule has 1 fully saturated rings. The van der Waals surface area contributed by atoms with Gasteiger partial charge in [0.1, 0.15) is 0 Å². The third-order valence-electron chi connectivity index (χ3n) is 6.34. The molecule has 212 valence electrons. The zero-order valence-electron chi connectivity index (χ0n) is 21.5. The van der Waals surface area contributed by atoms with Crippen LogP contribution >= 0.6 is 46.1 Å². The van der Waals surface area contributed by atoms with E-state index in [4.69, 9.17) is 34.8 Å². The molecule has 3 N–H and O–H groups in total. The summed E-state index contributed by atoms with van der Waals surface area (Å²) in [6, 6.07) is 16.0. The van der Waals surface area contributed by atoms with E-state index < -0.39 is 17.2 Å². The molecule has 0 bridgehead atoms. The molecule has 2 aromatic carbocycles. The molecule has 4 aromatic rings. The van der Waals surface area contributed by atoms with Crippen LogP contribution in [0.25, 0.3) is 16.3 Å². The minimum atomic E-state index is -2.32. The minimum Gasteiger partial charge on any atom is -0.294 e. The van der Waals surface area contributed by atoms with Gasteiger partial charge in [0.25, 0.3) is 5.91 Å². The van der Waals surface area contributed by atoms with Crippen LogP contribution in [0.2, 0.25) is 15.1 Å². The van der Waals surface area contributed by atoms with Crippen molar-refractivity contribution in [3.8, 4) is 28.1 Å². The van der Waals surface area contributed by atoms with E-state index >= 15 is 0 Å². The van der Waals surface area contributed by atoms with E-state index in [9.17, 15) is 13.6 Å². The Labute approximate surface area is 259 Å². The molecule has 3 heterocycles. The highest BCUT2D eigenvalue weighted by atomic mass is 35.5. The van der Waals surface area contributed by atoms with E-state index in [1.54, 1.807) is 35.0 Å². The fourth-order valence-corrected chi connectivity index (χ4v) is 6.22. The van der Waals surface area contributed by atoms with Gasteiger partial charge in [0.05, 0.1) is 26.2 Å². The lowest BCUT2D eigenvalue weighted by molar-refractivity contribution is 0.0743. The number of hydrogen-bond donors (Lipinski definition) is 3. The Morgan fingerprint density at radius 3 is 2.44 bits per heavy atom. The smallest absolute Gasteiger partial charge is 0.286 e. The number of nitrogens with zero attached hydrogens (tertiary/aromatic N) is 3. The number of rotatable bonds is 7. The number of thiophene rings is 1. The largest absolute Gasteiger partial charge is 0.294 e. The molecule has 13 heteroatoms. The van der Waals surface area contributed by atoms with Gasteiger partial charge < -0.3 is 0 Å². The van der Waals surface area contributed by atoms with E-state index in [1.807, 2.05) is 29.3 Å². The van der Waals surface area contributed by atoms with Gasteiger partial charge in [0, 0.05) is 40.8 Å². The van der Waals surface area contributed by atoms with Crippen LogP contribution in [0.1, 0.15) is 45.8 Å². The maximum atomic E-state index is 13.6. The van der Waals surface area contributed by atoms with Crippen LogP contribution in [0.4, 0.5) is 0 Å². The van der Waals surface area contributed by atoms with E-state index in [1.165, 1.54) is 11.3 Å². The normalized spacial score (nSPS) is 14.3. The Kier molecular flexibility index (Phi) is 9.80. The molecule has 0 aliphatic carbocycles. The summed E-state index contributed by atoms with van der Waals surface area (Å²) in [5, 5.41) is 7.97. The number of hydrazine groups is 1. The van der Waals surface area contributed by atoms with E-state index in [0.29, 0.717) is 32.0 Å². The van der Waals surface area contributed by atoms with Gasteiger partial charge in [-0.1, -0.05) is 53.1 Å². The van der Waals surface area contributed by atoms with Crippen molar-refractivity contribution in [3.63, 3.8) is 0 Å². The Bertz CT molecular complexity index is 1650. The summed E-state index contributed by atoms with van der Waals surface area (Å²) < 4.78 is 25.2. The van der Waals surface area contributed by atoms with E-state index in [-0.39, 0.29) is 12.2 Å². The van der Waals surface area contributed by atoms with Crippen LogP contribution in [0.3, 0.4) is 0 Å². The average molecular weight is 649 g/mol. The highest BCUT2D eigenvalue weighted by Gasteiger charge is 2.28. The van der Waals surface area contributed by atoms with Crippen molar-refractivity contribution in [1.82, 2.24) is 24.9 Å². The van der Waals surface area contributed by atoms with Gasteiger partial charge >= 0.3 is 0 Å². The molecule has 5 rings (SSSR count). The standard InChI is InChI=1S/C28H24Cl3N5O3S2/c29-19-7-4-18(5-8-19)6-10-21-11-13-25(40-21)27-22(17-32-41(38)39)26(28(37)34-35-14-2-1-3-15-35)33-36(27)24-12-9-20(30)16-23(24)31/h4-5,7-9,11-13,16,32H,1-3,14-15,17H2,(H,34,37)(H,38,39). The average Bonchev–Trinajstić information content (AvgIpc) is 3.57. The Hall–Kier alpha value is -2.72. The molecule has 1 unspecified atom stereocenters. The van der Waals surface area contributed by atoms with Crippen molar-refractivity contribution in [2.75, 3.05) is 13.1 Å². The quantitative estimate of drug-likeness (QED) is 0.161. The topological polar surface area (TPSA) is 99.5 Å². The number of halogens is 3. The number of aromatic nitrogens is 2. The van der Waals surface area contributed by atoms with Crippen LogP contribution < -0.4 is 10.1 Å². The molecule has 2 aromatic heterocycles. The number of amides is 1. The first-order chi connectivity index (χ1) is 19.8. The Morgan fingerprint density at radius 2 is 1.73 bits per heavy atom. The number of piperidine rings is 1. The molecular formula is C28H24Cl3N5O3S2. The molecule has 1 atom stereocenters. The van der Waals surface area contributed by atoms with Crippen molar-refractivity contribution in [3.05, 3.63) is 91.4 Å². The molecule has 0 spiro atoms. The van der Waals surface area contributed by atoms with Gasteiger partial charge in [-0.15, -0.1) is 11.3 Å². The maximum absolute atomic E-state index is 13.6. The number of carbonyl (C=O) groups excluding carboxylic acids is 1. The Morgan fingerprint density at radius 1 is 1.00 bits per heavy atom. The highest BCUT2D eigenvalue weighted by molar-refractivity contribution is 7.77. The second kappa shape index (κ2) is 13.5. The van der Waals surface area contributed by atoms with Gasteiger partial charge in [-0.3, -0.25) is 14.8 Å². The van der Waals surface area contributed by atoms with Crippen LogP contribution in [0.15, 0.2) is 54.6 Å². The van der Waals surface area contributed by atoms with E-state index in [0.717, 1.165) is 47.7 Å². The van der Waals surface area contributed by atoms with Crippen molar-refractivity contribution in [2.45, 2.75) is 25.8 Å². The second-order valence-corrected chi connectivity index (χ2v) is 12.3. The lowest BCUT2D eigenvalue weighted by atomic mass is 10.1. The lowest BCUT2D eigenvalue weighted by Crippen LogP contribution is -2.45. The van der Waals surface area contributed by atoms with Gasteiger partial charge in [0.2, 0.25) is 11.3 Å². The first kappa shape index (κ1) is 29.8. The first-order valence-corrected chi connectivity index (χ1v) is 15.7. The molecular weight excluding hydrogens is 625 g/mol. The van der Waals surface area contributed by atoms with Crippen molar-refractivity contribution in [2.24, 2.45) is 0 Å². The van der Waals surface area contributed by atoms with Crippen LogP contribution in [-0.4, -0.2) is 42.5 Å². The van der Waals surface area contributed by atoms with Gasteiger partial charge in [0.15, 0.2) is 5.69 Å². The summed E-state index contributed by atoms with van der Waals surface area (Å²) in [7, 11) is 0. The molecule has 1 aliphatic rings. The van der Waals surface area contributed by atoms with Crippen molar-refractivity contribution >= 4 is 63.3 Å². The fourth-order valence-electron chi connectivity index (χ4n) is 4.42. The van der Waals surface area contributed by atoms with Gasteiger partial charge in [-0.2, -0.15) is 5.10 Å². The highest BCUT2D eigenvalue weighted by Crippen LogP contribution is 2.36. The number of benzene rings is 2. The predicted octanol–water partition coefficient (Wildman–Crippen LogP) is 6.32. The SMILES string of the molecule is O=C(NN1CCCCC1)c1nn(-c2ccc(Cl)cc2Cl)c(-c2ccc(C#Cc3ccc(Cl)cc3)s2)c1CNS(=O)O. The fraction of sp³-hybridized carbons (Fsp3) is 0.214. The molecule has 1 saturated heterocycles. The van der Waals surface area contributed by atoms with Crippen LogP contribution in [0.5, 0.6) is 0 Å². The number of hydrogen-bond acceptors (Lipinski definition) is 5. The van der Waals surface area contributed by atoms with E-state index in [2.05, 4.69) is 27.1 Å². The third kappa shape index (κ3) is 7.38. The lowest BCUT2D eigenvalue weighted by Gasteiger charge is -2.26. The minimum absolute atomic E-state index is 0.101. The summed E-state index contributed by atoms with van der Waals surface area (Å²) >= 11 is 17.8. The monoisotopic (exact) mass is 647 g/mol. The number of nitrogens with one attached hydrogen (secondary N) is 2. The molecule has 0 radical (unpaired) electrons. The summed E-state index contributed by atoms with van der Waals surface area (Å²) in [6.45, 7) is 1.37. The van der Waals surface area contributed by atoms with Crippen molar-refractivity contribution in [1.29, 1.82) is 0 Å². The molecule has 41 heavy (non-hydrogen) atoms. The molecule has 0 saturated carbocycles. The molecule has 8 nitrogen and oxygen atoms in total. The maximum Gasteiger partial charge on any atom is 0.286 e. The first-order valence-electron chi connectivity index (χ1n) is 12.6. The van der Waals surface area contributed by atoms with Crippen molar-refractivity contribution < 1.29 is 13.6 Å². The summed E-state index contributed by atoms with van der Waals surface area (Å²) in [5.74, 6) is 5.87. The second-order valence-electron chi connectivity index (χ2n) is 9.16. The van der Waals surface area contributed by atoms with Crippen LogP contribution in [-0.2, 0) is 17.8 Å². The summed E-state index contributed by atoms with van der Waals surface area (Å²) in [4.78, 5) is 15.1. The zero-order chi connectivity index (χ0) is 28.9. The zero-order valence-corrected chi connectivity index (χ0v) is 25.4. The molecule has 1 aliphatic heterocycles. The van der Waals surface area contributed by atoms with Gasteiger partial charge in [-0.05, 0) is 67.4 Å². The summed E-state index contributed by atoms with van der Waals surface area (Å²) in [5.41, 5.74) is 5.35. The Balaban J connectivity index is 1.61. The van der Waals surface area contributed by atoms with Gasteiger partial charge in [-0.25, -0.2) is 18.6 Å². The molecule has 1 amide bonds. The predicted molar refractivity (Wildman–Crippen MR) is 165 cm³/mol. The van der Waals surface area contributed by atoms with Crippen LogP contribution in [0, 0.1) is 11.8 Å². The summed E-state index contributed by atoms with van der Waals surface area (Å²) in [6.07, 6.45) is 3.07.